The Morgan fingerprint density at radius 2 is 2.06 bits per heavy atom. The smallest absolute Gasteiger partial charge is 0.410 e. The van der Waals surface area contributed by atoms with Crippen LogP contribution in [0.5, 0.6) is 10.9 Å². The highest BCUT2D eigenvalue weighted by Crippen LogP contribution is 2.35. The summed E-state index contributed by atoms with van der Waals surface area (Å²) >= 11 is 1.47. The second-order valence-corrected chi connectivity index (χ2v) is 11.3. The van der Waals surface area contributed by atoms with E-state index in [-0.39, 0.29) is 12.1 Å². The van der Waals surface area contributed by atoms with E-state index in [0.29, 0.717) is 29.2 Å². The summed E-state index contributed by atoms with van der Waals surface area (Å²) in [4.78, 5) is 25.8. The Balaban J connectivity index is 1.15. The first-order valence-corrected chi connectivity index (χ1v) is 12.8. The van der Waals surface area contributed by atoms with Crippen LogP contribution in [0.15, 0.2) is 47.2 Å². The van der Waals surface area contributed by atoms with Crippen LogP contribution in [0.1, 0.15) is 39.2 Å². The van der Waals surface area contributed by atoms with Crippen molar-refractivity contribution in [3.63, 3.8) is 0 Å². The van der Waals surface area contributed by atoms with E-state index in [0.717, 1.165) is 47.2 Å². The Hall–Kier alpha value is -3.17. The van der Waals surface area contributed by atoms with Crippen molar-refractivity contribution in [1.29, 1.82) is 0 Å². The summed E-state index contributed by atoms with van der Waals surface area (Å²) in [5.74, 6) is 0.683. The van der Waals surface area contributed by atoms with Crippen LogP contribution in [0.25, 0.3) is 21.3 Å². The first kappa shape index (κ1) is 22.3. The summed E-state index contributed by atoms with van der Waals surface area (Å²) in [6.45, 7) is 8.09. The normalized spacial score (nSPS) is 20.6. The van der Waals surface area contributed by atoms with Crippen molar-refractivity contribution < 1.29 is 18.7 Å². The number of furan rings is 1. The van der Waals surface area contributed by atoms with Gasteiger partial charge in [0, 0.05) is 54.9 Å². The number of carbonyl (C=O) groups excluding carboxylic acids is 1. The molecule has 0 radical (unpaired) electrons. The van der Waals surface area contributed by atoms with E-state index >= 15 is 0 Å². The average Bonchev–Trinajstić information content (AvgIpc) is 3.41. The van der Waals surface area contributed by atoms with Crippen molar-refractivity contribution in [1.82, 2.24) is 19.8 Å². The molecule has 35 heavy (non-hydrogen) atoms. The van der Waals surface area contributed by atoms with E-state index in [9.17, 15) is 4.79 Å². The highest BCUT2D eigenvalue weighted by Gasteiger charge is 2.42. The molecule has 2 bridgehead atoms. The third-order valence-electron chi connectivity index (χ3n) is 6.62. The van der Waals surface area contributed by atoms with Gasteiger partial charge in [0.1, 0.15) is 16.9 Å². The minimum absolute atomic E-state index is 0.191. The van der Waals surface area contributed by atoms with Gasteiger partial charge in [-0.25, -0.2) is 9.78 Å². The maximum atomic E-state index is 12.7. The molecule has 182 valence electrons. The molecule has 3 aromatic heterocycles. The number of carbonyl (C=O) groups is 1. The van der Waals surface area contributed by atoms with Crippen molar-refractivity contribution in [3.05, 3.63) is 48.4 Å². The molecule has 3 saturated heterocycles. The van der Waals surface area contributed by atoms with E-state index in [1.54, 1.807) is 6.20 Å². The third kappa shape index (κ3) is 4.46. The van der Waals surface area contributed by atoms with Crippen LogP contribution in [-0.4, -0.2) is 56.6 Å². The SMILES string of the molecule is CC(C)(C)OC(=O)N1C[C@H]2CC[C@@H]1CN2Cc1coc2cc(Oc3nc4ncccc4s3)ccc12. The summed E-state index contributed by atoms with van der Waals surface area (Å²) in [5.41, 5.74) is 2.15. The Labute approximate surface area is 207 Å². The number of ether oxygens (including phenoxy) is 2. The van der Waals surface area contributed by atoms with Crippen LogP contribution in [0.3, 0.4) is 0 Å². The Kier molecular flexibility index (Phi) is 5.41. The number of hydrogen-bond donors (Lipinski definition) is 0. The van der Waals surface area contributed by atoms with Gasteiger partial charge in [0.2, 0.25) is 0 Å². The molecule has 3 fully saturated rings. The van der Waals surface area contributed by atoms with Crippen molar-refractivity contribution in [2.75, 3.05) is 13.1 Å². The Morgan fingerprint density at radius 3 is 2.83 bits per heavy atom. The summed E-state index contributed by atoms with van der Waals surface area (Å²) in [6.07, 6.45) is 5.48. The number of amides is 1. The number of nitrogens with zero attached hydrogens (tertiary/aromatic N) is 4. The van der Waals surface area contributed by atoms with Gasteiger partial charge in [0.25, 0.3) is 5.19 Å². The Morgan fingerprint density at radius 1 is 1.20 bits per heavy atom. The molecule has 3 aliphatic rings. The molecular weight excluding hydrogens is 464 g/mol. The second-order valence-electron chi connectivity index (χ2n) is 10.3. The van der Waals surface area contributed by atoms with Gasteiger partial charge >= 0.3 is 6.09 Å². The van der Waals surface area contributed by atoms with Crippen LogP contribution >= 0.6 is 11.3 Å². The van der Waals surface area contributed by atoms with Crippen molar-refractivity contribution >= 4 is 38.7 Å². The third-order valence-corrected chi connectivity index (χ3v) is 7.51. The van der Waals surface area contributed by atoms with Crippen molar-refractivity contribution in [2.45, 2.75) is 57.8 Å². The molecule has 7 rings (SSSR count). The molecule has 3 aliphatic heterocycles. The lowest BCUT2D eigenvalue weighted by molar-refractivity contribution is -0.0435. The minimum atomic E-state index is -0.477. The minimum Gasteiger partial charge on any atom is -0.464 e. The zero-order chi connectivity index (χ0) is 24.2. The predicted molar refractivity (Wildman–Crippen MR) is 134 cm³/mol. The standard InChI is InChI=1S/C26H28N4O4S/c1-26(2,3)34-25(31)30-14-17-6-7-18(30)13-29(17)12-16-15-32-21-11-19(8-9-20(16)21)33-24-28-23-22(35-24)5-4-10-27-23/h4-5,8-11,15,17-18H,6-7,12-14H2,1-3H3/t17-,18-/m1/s1. The highest BCUT2D eigenvalue weighted by atomic mass is 32.1. The summed E-state index contributed by atoms with van der Waals surface area (Å²) < 4.78 is 18.5. The molecular formula is C26H28N4O4S. The van der Waals surface area contributed by atoms with E-state index in [2.05, 4.69) is 14.9 Å². The molecule has 9 heteroatoms. The molecule has 0 aliphatic carbocycles. The zero-order valence-corrected chi connectivity index (χ0v) is 20.9. The molecule has 2 atom stereocenters. The summed E-state index contributed by atoms with van der Waals surface area (Å²) in [7, 11) is 0. The van der Waals surface area contributed by atoms with Crippen molar-refractivity contribution in [2.24, 2.45) is 0 Å². The van der Waals surface area contributed by atoms with Crippen LogP contribution in [0.2, 0.25) is 0 Å². The number of aromatic nitrogens is 2. The average molecular weight is 493 g/mol. The van der Waals surface area contributed by atoms with E-state index in [4.69, 9.17) is 13.9 Å². The zero-order valence-electron chi connectivity index (χ0n) is 20.1. The second kappa shape index (κ2) is 8.49. The van der Waals surface area contributed by atoms with Gasteiger partial charge in [-0.1, -0.05) is 11.3 Å². The molecule has 1 aromatic carbocycles. The maximum absolute atomic E-state index is 12.7. The number of hydrogen-bond acceptors (Lipinski definition) is 8. The maximum Gasteiger partial charge on any atom is 0.410 e. The molecule has 1 amide bonds. The molecule has 6 heterocycles. The fourth-order valence-electron chi connectivity index (χ4n) is 5.02. The van der Waals surface area contributed by atoms with E-state index in [1.165, 1.54) is 11.3 Å². The van der Waals surface area contributed by atoms with Crippen LogP contribution < -0.4 is 4.74 Å². The first-order chi connectivity index (χ1) is 16.8. The fraction of sp³-hybridized carbons (Fsp3) is 0.423. The van der Waals surface area contributed by atoms with E-state index in [1.807, 2.05) is 62.3 Å². The van der Waals surface area contributed by atoms with Gasteiger partial charge in [-0.15, -0.1) is 0 Å². The molecule has 4 aromatic rings. The number of piperazine rings is 1. The predicted octanol–water partition coefficient (Wildman–Crippen LogP) is 5.81. The van der Waals surface area contributed by atoms with Crippen LogP contribution in [0.4, 0.5) is 4.79 Å². The number of thiazole rings is 1. The quantitative estimate of drug-likeness (QED) is 0.355. The van der Waals surface area contributed by atoms with E-state index < -0.39 is 5.60 Å². The lowest BCUT2D eigenvalue weighted by Gasteiger charge is -2.51. The summed E-state index contributed by atoms with van der Waals surface area (Å²) in [6, 6.07) is 10.3. The molecule has 0 N–H and O–H groups in total. The van der Waals surface area contributed by atoms with Crippen LogP contribution in [0, 0.1) is 0 Å². The topological polar surface area (TPSA) is 80.9 Å². The largest absolute Gasteiger partial charge is 0.464 e. The monoisotopic (exact) mass is 492 g/mol. The highest BCUT2D eigenvalue weighted by molar-refractivity contribution is 7.20. The van der Waals surface area contributed by atoms with Crippen molar-refractivity contribution in [3.8, 4) is 10.9 Å². The lowest BCUT2D eigenvalue weighted by atomic mass is 9.90. The number of pyridine rings is 1. The van der Waals surface area contributed by atoms with Gasteiger partial charge < -0.3 is 18.8 Å². The molecule has 0 saturated carbocycles. The summed E-state index contributed by atoms with van der Waals surface area (Å²) in [5, 5.41) is 1.64. The van der Waals surface area contributed by atoms with Gasteiger partial charge in [0.15, 0.2) is 5.65 Å². The molecule has 0 unspecified atom stereocenters. The first-order valence-electron chi connectivity index (χ1n) is 12.0. The van der Waals surface area contributed by atoms with Crippen LogP contribution in [-0.2, 0) is 11.3 Å². The van der Waals surface area contributed by atoms with Gasteiger partial charge in [-0.3, -0.25) is 4.90 Å². The number of piperidine rings is 2. The molecule has 0 spiro atoms. The number of rotatable bonds is 4. The van der Waals surface area contributed by atoms with Gasteiger partial charge in [-0.05, 0) is 57.9 Å². The fourth-order valence-corrected chi connectivity index (χ4v) is 5.81. The molecule has 8 nitrogen and oxygen atoms in total. The lowest BCUT2D eigenvalue weighted by Crippen LogP contribution is -2.63. The Bertz CT molecular complexity index is 1360. The van der Waals surface area contributed by atoms with Gasteiger partial charge in [0.05, 0.1) is 11.0 Å². The van der Waals surface area contributed by atoms with Gasteiger partial charge in [-0.2, -0.15) is 4.98 Å². The number of benzene rings is 1. The number of fused-ring (bicyclic) bond motifs is 5.